The summed E-state index contributed by atoms with van der Waals surface area (Å²) in [6.07, 6.45) is 0.546. The smallest absolute Gasteiger partial charge is 0.234 e. The minimum absolute atomic E-state index is 0.0651. The summed E-state index contributed by atoms with van der Waals surface area (Å²) in [4.78, 5) is 27.8. The summed E-state index contributed by atoms with van der Waals surface area (Å²) in [7, 11) is 0. The van der Waals surface area contributed by atoms with E-state index >= 15 is 0 Å². The number of hydrogen-bond donors (Lipinski definition) is 1. The number of para-hydroxylation sites is 1. The largest absolute Gasteiger partial charge is 0.343 e. The fourth-order valence-corrected chi connectivity index (χ4v) is 4.30. The van der Waals surface area contributed by atoms with E-state index in [2.05, 4.69) is 20.4 Å². The van der Waals surface area contributed by atoms with Gasteiger partial charge in [-0.2, -0.15) is 0 Å². The van der Waals surface area contributed by atoms with Gasteiger partial charge in [0, 0.05) is 38.3 Å². The van der Waals surface area contributed by atoms with Gasteiger partial charge in [0.05, 0.1) is 5.75 Å². The zero-order valence-corrected chi connectivity index (χ0v) is 16.2. The fraction of sp³-hybridized carbons (Fsp3) is 0.412. The van der Waals surface area contributed by atoms with Crippen molar-refractivity contribution in [2.24, 2.45) is 0 Å². The Kier molecular flexibility index (Phi) is 6.45. The number of nitrogens with zero attached hydrogens (tertiary/aromatic N) is 4. The van der Waals surface area contributed by atoms with E-state index in [0.717, 1.165) is 28.2 Å². The molecule has 0 unspecified atom stereocenters. The second kappa shape index (κ2) is 9.00. The Labute approximate surface area is 160 Å². The van der Waals surface area contributed by atoms with Gasteiger partial charge in [-0.3, -0.25) is 9.59 Å². The lowest BCUT2D eigenvalue weighted by Crippen LogP contribution is -2.48. The molecule has 0 saturated carbocycles. The monoisotopic (exact) mass is 391 g/mol. The highest BCUT2D eigenvalue weighted by Crippen LogP contribution is 2.28. The Balaban J connectivity index is 1.46. The molecule has 7 nitrogen and oxygen atoms in total. The molecule has 1 aliphatic rings. The quantitative estimate of drug-likeness (QED) is 0.762. The number of amides is 2. The zero-order chi connectivity index (χ0) is 18.4. The predicted octanol–water partition coefficient (Wildman–Crippen LogP) is 2.33. The molecule has 1 N–H and O–H groups in total. The van der Waals surface area contributed by atoms with Crippen LogP contribution >= 0.6 is 23.1 Å². The standard InChI is InChI=1S/C17H21N5O2S2/c1-2-15(24)21-8-10-22(11-9-21)16-19-20-17(26-16)25-12-14(23)18-13-6-4-3-5-7-13/h3-7H,2,8-12H2,1H3,(H,18,23). The number of aromatic nitrogens is 2. The first-order valence-corrected chi connectivity index (χ1v) is 10.3. The fourth-order valence-electron chi connectivity index (χ4n) is 2.61. The number of benzene rings is 1. The molecule has 1 saturated heterocycles. The highest BCUT2D eigenvalue weighted by atomic mass is 32.2. The molecular formula is C17H21N5O2S2. The minimum Gasteiger partial charge on any atom is -0.343 e. The number of piperazine rings is 1. The van der Waals surface area contributed by atoms with Gasteiger partial charge in [-0.25, -0.2) is 0 Å². The van der Waals surface area contributed by atoms with E-state index < -0.39 is 0 Å². The van der Waals surface area contributed by atoms with Gasteiger partial charge >= 0.3 is 0 Å². The van der Waals surface area contributed by atoms with Crippen LogP contribution in [0, 0.1) is 0 Å². The highest BCUT2D eigenvalue weighted by Gasteiger charge is 2.22. The van der Waals surface area contributed by atoms with E-state index in [9.17, 15) is 9.59 Å². The third-order valence-electron chi connectivity index (χ3n) is 3.99. The summed E-state index contributed by atoms with van der Waals surface area (Å²) in [5, 5.41) is 12.1. The van der Waals surface area contributed by atoms with Crippen molar-refractivity contribution >= 4 is 45.7 Å². The number of nitrogens with one attached hydrogen (secondary N) is 1. The van der Waals surface area contributed by atoms with Crippen molar-refractivity contribution in [3.63, 3.8) is 0 Å². The van der Waals surface area contributed by atoms with E-state index in [-0.39, 0.29) is 11.8 Å². The molecule has 1 aliphatic heterocycles. The van der Waals surface area contributed by atoms with Crippen LogP contribution in [0.5, 0.6) is 0 Å². The molecule has 9 heteroatoms. The van der Waals surface area contributed by atoms with Crippen molar-refractivity contribution in [2.45, 2.75) is 17.7 Å². The lowest BCUT2D eigenvalue weighted by atomic mass is 10.3. The molecule has 2 heterocycles. The van der Waals surface area contributed by atoms with Crippen LogP contribution in [0.2, 0.25) is 0 Å². The Morgan fingerprint density at radius 1 is 1.15 bits per heavy atom. The predicted molar refractivity (Wildman–Crippen MR) is 105 cm³/mol. The van der Waals surface area contributed by atoms with Crippen molar-refractivity contribution < 1.29 is 9.59 Å². The Morgan fingerprint density at radius 2 is 1.88 bits per heavy atom. The molecule has 0 bridgehead atoms. The molecule has 3 rings (SSSR count). The molecule has 0 radical (unpaired) electrons. The number of carbonyl (C=O) groups is 2. The molecule has 1 fully saturated rings. The topological polar surface area (TPSA) is 78.4 Å². The number of hydrogen-bond acceptors (Lipinski definition) is 7. The molecule has 0 aliphatic carbocycles. The van der Waals surface area contributed by atoms with Crippen molar-refractivity contribution in [2.75, 3.05) is 42.1 Å². The van der Waals surface area contributed by atoms with E-state index in [4.69, 9.17) is 0 Å². The molecule has 1 aromatic carbocycles. The maximum atomic E-state index is 12.0. The van der Waals surface area contributed by atoms with Crippen LogP contribution in [0.1, 0.15) is 13.3 Å². The number of anilines is 2. The minimum atomic E-state index is -0.0651. The molecule has 1 aromatic heterocycles. The van der Waals surface area contributed by atoms with Gasteiger partial charge in [0.2, 0.25) is 16.9 Å². The molecule has 26 heavy (non-hydrogen) atoms. The maximum Gasteiger partial charge on any atom is 0.234 e. The van der Waals surface area contributed by atoms with E-state index in [1.54, 1.807) is 0 Å². The van der Waals surface area contributed by atoms with Gasteiger partial charge < -0.3 is 15.1 Å². The Morgan fingerprint density at radius 3 is 2.58 bits per heavy atom. The van der Waals surface area contributed by atoms with Crippen molar-refractivity contribution in [1.82, 2.24) is 15.1 Å². The van der Waals surface area contributed by atoms with Crippen LogP contribution in [-0.2, 0) is 9.59 Å². The van der Waals surface area contributed by atoms with Crippen molar-refractivity contribution in [1.29, 1.82) is 0 Å². The van der Waals surface area contributed by atoms with Crippen LogP contribution < -0.4 is 10.2 Å². The number of rotatable bonds is 6. The molecular weight excluding hydrogens is 370 g/mol. The molecule has 0 atom stereocenters. The zero-order valence-electron chi connectivity index (χ0n) is 14.6. The van der Waals surface area contributed by atoms with Crippen LogP contribution in [0.4, 0.5) is 10.8 Å². The van der Waals surface area contributed by atoms with Crippen molar-refractivity contribution in [3.05, 3.63) is 30.3 Å². The SMILES string of the molecule is CCC(=O)N1CCN(c2nnc(SCC(=O)Nc3ccccc3)s2)CC1. The van der Waals surface area contributed by atoms with Gasteiger partial charge in [-0.15, -0.1) is 10.2 Å². The van der Waals surface area contributed by atoms with E-state index in [0.29, 0.717) is 25.3 Å². The number of thioether (sulfide) groups is 1. The molecule has 0 spiro atoms. The summed E-state index contributed by atoms with van der Waals surface area (Å²) in [5.74, 6) is 0.426. The van der Waals surface area contributed by atoms with Crippen LogP contribution in [-0.4, -0.2) is 58.8 Å². The lowest BCUT2D eigenvalue weighted by molar-refractivity contribution is -0.131. The highest BCUT2D eigenvalue weighted by molar-refractivity contribution is 8.01. The van der Waals surface area contributed by atoms with Gasteiger partial charge in [-0.1, -0.05) is 48.2 Å². The first-order chi connectivity index (χ1) is 12.7. The van der Waals surface area contributed by atoms with E-state index in [1.165, 1.54) is 23.1 Å². The van der Waals surface area contributed by atoms with Crippen molar-refractivity contribution in [3.8, 4) is 0 Å². The second-order valence-electron chi connectivity index (χ2n) is 5.77. The molecule has 2 aromatic rings. The summed E-state index contributed by atoms with van der Waals surface area (Å²) >= 11 is 2.87. The van der Waals surface area contributed by atoms with Crippen LogP contribution in [0.3, 0.4) is 0 Å². The number of carbonyl (C=O) groups excluding carboxylic acids is 2. The molecule has 138 valence electrons. The van der Waals surface area contributed by atoms with Gasteiger partial charge in [-0.05, 0) is 12.1 Å². The second-order valence-corrected chi connectivity index (χ2v) is 7.95. The maximum absolute atomic E-state index is 12.0. The Bertz CT molecular complexity index is 745. The van der Waals surface area contributed by atoms with Gasteiger partial charge in [0.25, 0.3) is 0 Å². The first-order valence-electron chi connectivity index (χ1n) is 8.49. The lowest BCUT2D eigenvalue weighted by Gasteiger charge is -2.34. The third-order valence-corrected chi connectivity index (χ3v) is 6.10. The summed E-state index contributed by atoms with van der Waals surface area (Å²) < 4.78 is 0.773. The first kappa shape index (κ1) is 18.7. The van der Waals surface area contributed by atoms with Gasteiger partial charge in [0.1, 0.15) is 0 Å². The third kappa shape index (κ3) is 4.95. The average molecular weight is 392 g/mol. The van der Waals surface area contributed by atoms with E-state index in [1.807, 2.05) is 42.2 Å². The van der Waals surface area contributed by atoms with Crippen LogP contribution in [0.15, 0.2) is 34.7 Å². The summed E-state index contributed by atoms with van der Waals surface area (Å²) in [6.45, 7) is 4.85. The van der Waals surface area contributed by atoms with Gasteiger partial charge in [0.15, 0.2) is 4.34 Å². The Hall–Kier alpha value is -2.13. The average Bonchev–Trinajstić information content (AvgIpc) is 3.16. The van der Waals surface area contributed by atoms with Crippen LogP contribution in [0.25, 0.3) is 0 Å². The summed E-state index contributed by atoms with van der Waals surface area (Å²) in [5.41, 5.74) is 0.788. The molecule has 2 amide bonds. The summed E-state index contributed by atoms with van der Waals surface area (Å²) in [6, 6.07) is 9.38. The normalized spacial score (nSPS) is 14.3.